The van der Waals surface area contributed by atoms with Crippen LogP contribution in [0.2, 0.25) is 0 Å². The summed E-state index contributed by atoms with van der Waals surface area (Å²) in [6.45, 7) is 6.22. The first-order valence-electron chi connectivity index (χ1n) is 15.1. The molecular formula is C32H40F2N6O5S. The van der Waals surface area contributed by atoms with Crippen LogP contribution in [0.3, 0.4) is 0 Å². The molecule has 4 rings (SSSR count). The zero-order valence-electron chi connectivity index (χ0n) is 26.1. The lowest BCUT2D eigenvalue weighted by Gasteiger charge is -2.36. The van der Waals surface area contributed by atoms with Crippen molar-refractivity contribution in [3.05, 3.63) is 77.0 Å². The van der Waals surface area contributed by atoms with E-state index in [1.807, 2.05) is 13.0 Å². The molecule has 1 atom stereocenters. The minimum absolute atomic E-state index is 0.140. The summed E-state index contributed by atoms with van der Waals surface area (Å²) in [5.41, 5.74) is 6.56. The number of carbonyl (C=O) groups is 2. The smallest absolute Gasteiger partial charge is 0.319 e. The zero-order valence-corrected chi connectivity index (χ0v) is 26.9. The van der Waals surface area contributed by atoms with Crippen molar-refractivity contribution in [1.29, 1.82) is 0 Å². The van der Waals surface area contributed by atoms with Crippen molar-refractivity contribution >= 4 is 33.3 Å². The highest BCUT2D eigenvalue weighted by Gasteiger charge is 2.28. The van der Waals surface area contributed by atoms with Gasteiger partial charge in [0.25, 0.3) is 5.91 Å². The van der Waals surface area contributed by atoms with Crippen LogP contribution in [-0.2, 0) is 16.6 Å². The van der Waals surface area contributed by atoms with Crippen molar-refractivity contribution in [2.45, 2.75) is 58.5 Å². The van der Waals surface area contributed by atoms with Gasteiger partial charge in [-0.25, -0.2) is 27.0 Å². The Labute approximate surface area is 268 Å². The molecule has 1 fully saturated rings. The number of aromatic nitrogens is 1. The number of nitrogens with one attached hydrogen (secondary N) is 3. The van der Waals surface area contributed by atoms with Crippen molar-refractivity contribution in [3.63, 3.8) is 0 Å². The fourth-order valence-corrected chi connectivity index (χ4v) is 6.06. The predicted octanol–water partition coefficient (Wildman–Crippen LogP) is 5.52. The third-order valence-corrected chi connectivity index (χ3v) is 8.46. The van der Waals surface area contributed by atoms with Gasteiger partial charge >= 0.3 is 6.03 Å². The van der Waals surface area contributed by atoms with Gasteiger partial charge in [-0.15, -0.1) is 0 Å². The minimum Gasteiger partial charge on any atom is -0.439 e. The lowest BCUT2D eigenvalue weighted by molar-refractivity contribution is 0.0996. The number of nitrogens with zero attached hydrogens (tertiary/aromatic N) is 2. The maximum Gasteiger partial charge on any atom is 0.319 e. The van der Waals surface area contributed by atoms with Gasteiger partial charge in [-0.3, -0.25) is 14.4 Å². The number of rotatable bonds is 13. The third-order valence-electron chi connectivity index (χ3n) is 7.85. The number of primary amides is 1. The topological polar surface area (TPSA) is 156 Å². The van der Waals surface area contributed by atoms with Crippen LogP contribution < -0.4 is 25.8 Å². The second-order valence-electron chi connectivity index (χ2n) is 11.6. The Balaban J connectivity index is 1.30. The Bertz CT molecular complexity index is 1650. The predicted molar refractivity (Wildman–Crippen MR) is 172 cm³/mol. The molecule has 46 heavy (non-hydrogen) atoms. The Morgan fingerprint density at radius 1 is 1.11 bits per heavy atom. The van der Waals surface area contributed by atoms with Gasteiger partial charge in [-0.2, -0.15) is 0 Å². The van der Waals surface area contributed by atoms with Gasteiger partial charge in [-0.05, 0) is 80.6 Å². The third kappa shape index (κ3) is 9.85. The molecule has 3 amide bonds. The number of hydrogen-bond donors (Lipinski definition) is 4. The second kappa shape index (κ2) is 15.3. The lowest BCUT2D eigenvalue weighted by atomic mass is 9.86. The molecule has 5 N–H and O–H groups in total. The first-order valence-corrected chi connectivity index (χ1v) is 17.0. The summed E-state index contributed by atoms with van der Waals surface area (Å²) in [6, 6.07) is 9.42. The molecule has 11 nitrogen and oxygen atoms in total. The molecule has 0 saturated carbocycles. The molecule has 0 spiro atoms. The highest BCUT2D eigenvalue weighted by Crippen LogP contribution is 2.28. The Hall–Kier alpha value is -4.30. The number of halogens is 2. The van der Waals surface area contributed by atoms with E-state index in [0.717, 1.165) is 68.6 Å². The van der Waals surface area contributed by atoms with Crippen molar-refractivity contribution < 1.29 is 31.5 Å². The summed E-state index contributed by atoms with van der Waals surface area (Å²) in [5, 5.41) is 5.37. The van der Waals surface area contributed by atoms with E-state index in [4.69, 9.17) is 10.5 Å². The van der Waals surface area contributed by atoms with Crippen LogP contribution in [-0.4, -0.2) is 55.6 Å². The van der Waals surface area contributed by atoms with E-state index in [9.17, 15) is 26.8 Å². The molecule has 2 aromatic carbocycles. The number of aryl methyl sites for hydroxylation is 1. The first-order chi connectivity index (χ1) is 21.8. The van der Waals surface area contributed by atoms with Gasteiger partial charge < -0.3 is 21.1 Å². The molecular weight excluding hydrogens is 618 g/mol. The Kier molecular flexibility index (Phi) is 11.5. The molecule has 3 aromatic rings. The maximum absolute atomic E-state index is 14.3. The Morgan fingerprint density at radius 3 is 2.46 bits per heavy atom. The van der Waals surface area contributed by atoms with E-state index in [2.05, 4.69) is 32.2 Å². The average molecular weight is 659 g/mol. The average Bonchev–Trinajstić information content (AvgIpc) is 2.98. The normalized spacial score (nSPS) is 14.8. The van der Waals surface area contributed by atoms with Crippen LogP contribution in [0.1, 0.15) is 60.5 Å². The second-order valence-corrected chi connectivity index (χ2v) is 13.3. The van der Waals surface area contributed by atoms with Crippen molar-refractivity contribution in [2.24, 2.45) is 11.7 Å². The molecule has 0 radical (unpaired) electrons. The molecule has 0 bridgehead atoms. The number of piperidine rings is 1. The molecule has 1 unspecified atom stereocenters. The van der Waals surface area contributed by atoms with Gasteiger partial charge in [-0.1, -0.05) is 25.8 Å². The zero-order chi connectivity index (χ0) is 33.4. The van der Waals surface area contributed by atoms with Crippen molar-refractivity contribution in [3.8, 4) is 11.6 Å². The van der Waals surface area contributed by atoms with Crippen molar-refractivity contribution in [2.75, 3.05) is 29.4 Å². The number of nitrogens with two attached hydrogens (primary N) is 1. The Morgan fingerprint density at radius 2 is 1.85 bits per heavy atom. The van der Waals surface area contributed by atoms with E-state index in [0.29, 0.717) is 29.9 Å². The standard InChI is InChI=1S/C32H40F2N6O5S/c1-4-5-6-27(37-32(42)38-28-16-24(31(35)41)25(33)17-26(28)34)22-11-13-40(14-12-22)19-21-7-10-30(36-18-21)45-29-9-8-23(15-20(29)2)39-46(3,43)44/h7-10,15-18,22,27,39H,4-6,11-14,19H2,1-3H3,(H2,35,41)(H2,37,38,42). The monoisotopic (exact) mass is 658 g/mol. The summed E-state index contributed by atoms with van der Waals surface area (Å²) in [5.74, 6) is -1.95. The lowest BCUT2D eigenvalue weighted by Crippen LogP contribution is -2.46. The fourth-order valence-electron chi connectivity index (χ4n) is 5.50. The SMILES string of the molecule is CCCCC(NC(=O)Nc1cc(C(N)=O)c(F)cc1F)C1CCN(Cc2ccc(Oc3ccc(NS(C)(=O)=O)cc3C)nc2)CC1. The number of carbonyl (C=O) groups excluding carboxylic acids is 2. The van der Waals surface area contributed by atoms with Gasteiger partial charge in [0.05, 0.1) is 17.5 Å². The summed E-state index contributed by atoms with van der Waals surface area (Å²) >= 11 is 0. The number of likely N-dealkylation sites (tertiary alicyclic amines) is 1. The number of unbranched alkanes of at least 4 members (excludes halogenated alkanes) is 1. The number of benzene rings is 2. The summed E-state index contributed by atoms with van der Waals surface area (Å²) in [7, 11) is -3.38. The van der Waals surface area contributed by atoms with Crippen LogP contribution >= 0.6 is 0 Å². The van der Waals surface area contributed by atoms with E-state index in [-0.39, 0.29) is 17.6 Å². The van der Waals surface area contributed by atoms with Crippen LogP contribution in [0, 0.1) is 24.5 Å². The number of pyridine rings is 1. The van der Waals surface area contributed by atoms with Gasteiger partial charge in [0.1, 0.15) is 17.4 Å². The number of sulfonamides is 1. The van der Waals surface area contributed by atoms with E-state index in [1.54, 1.807) is 30.5 Å². The van der Waals surface area contributed by atoms with E-state index < -0.39 is 39.2 Å². The summed E-state index contributed by atoms with van der Waals surface area (Å²) in [6.07, 6.45) is 7.18. The summed E-state index contributed by atoms with van der Waals surface area (Å²) in [4.78, 5) is 31.0. The maximum atomic E-state index is 14.3. The van der Waals surface area contributed by atoms with Crippen LogP contribution in [0.5, 0.6) is 11.6 Å². The largest absolute Gasteiger partial charge is 0.439 e. The van der Waals surface area contributed by atoms with Gasteiger partial charge in [0, 0.05) is 36.6 Å². The van der Waals surface area contributed by atoms with Gasteiger partial charge in [0.2, 0.25) is 15.9 Å². The molecule has 1 aliphatic heterocycles. The molecule has 248 valence electrons. The number of ether oxygens (including phenoxy) is 1. The fraction of sp³-hybridized carbons (Fsp3) is 0.406. The molecule has 14 heteroatoms. The van der Waals surface area contributed by atoms with Crippen LogP contribution in [0.4, 0.5) is 25.0 Å². The molecule has 0 aliphatic carbocycles. The van der Waals surface area contributed by atoms with Crippen molar-refractivity contribution in [1.82, 2.24) is 15.2 Å². The van der Waals surface area contributed by atoms with E-state index in [1.165, 1.54) is 0 Å². The number of anilines is 2. The van der Waals surface area contributed by atoms with E-state index >= 15 is 0 Å². The first kappa shape index (κ1) is 34.6. The molecule has 1 saturated heterocycles. The van der Waals surface area contributed by atoms with Crippen LogP contribution in [0.25, 0.3) is 0 Å². The molecule has 1 aliphatic rings. The minimum atomic E-state index is -3.38. The van der Waals surface area contributed by atoms with Crippen LogP contribution in [0.15, 0.2) is 48.7 Å². The number of amides is 3. The summed E-state index contributed by atoms with van der Waals surface area (Å²) < 4.78 is 59.4. The molecule has 2 heterocycles. The number of hydrogen-bond acceptors (Lipinski definition) is 7. The molecule has 1 aromatic heterocycles. The quantitative estimate of drug-likeness (QED) is 0.188. The van der Waals surface area contributed by atoms with Gasteiger partial charge in [0.15, 0.2) is 0 Å². The highest BCUT2D eigenvalue weighted by atomic mass is 32.2. The number of urea groups is 1. The highest BCUT2D eigenvalue weighted by molar-refractivity contribution is 7.92.